The van der Waals surface area contributed by atoms with Crippen LogP contribution in [0.1, 0.15) is 24.6 Å². The van der Waals surface area contributed by atoms with Gasteiger partial charge in [-0.3, -0.25) is 14.8 Å². The summed E-state index contributed by atoms with van der Waals surface area (Å²) < 4.78 is 5.80. The highest BCUT2D eigenvalue weighted by molar-refractivity contribution is 5.81. The summed E-state index contributed by atoms with van der Waals surface area (Å²) in [4.78, 5) is 20.6. The second-order valence-electron chi connectivity index (χ2n) is 5.56. The summed E-state index contributed by atoms with van der Waals surface area (Å²) in [5.74, 6) is 0.751. The fraction of sp³-hybridized carbons (Fsp3) is 0.353. The smallest absolute Gasteiger partial charge is 0.261 e. The van der Waals surface area contributed by atoms with Crippen molar-refractivity contribution >= 4 is 5.91 Å². The van der Waals surface area contributed by atoms with Crippen LogP contribution in [-0.4, -0.2) is 28.0 Å². The Morgan fingerprint density at radius 2 is 2.27 bits per heavy atom. The SMILES string of the molecule is CC(Cc1cnccn1)NC(=O)C1CCc2ccccc2O1. The van der Waals surface area contributed by atoms with Crippen molar-refractivity contribution in [1.82, 2.24) is 15.3 Å². The summed E-state index contributed by atoms with van der Waals surface area (Å²) >= 11 is 0. The molecule has 1 N–H and O–H groups in total. The van der Waals surface area contributed by atoms with Gasteiger partial charge in [0.1, 0.15) is 5.75 Å². The second-order valence-corrected chi connectivity index (χ2v) is 5.56. The Bertz CT molecular complexity index is 645. The van der Waals surface area contributed by atoms with Crippen LogP contribution < -0.4 is 10.1 Å². The fourth-order valence-electron chi connectivity index (χ4n) is 2.64. The Balaban J connectivity index is 1.56. The molecule has 2 atom stereocenters. The Kier molecular flexibility index (Phi) is 4.32. The zero-order chi connectivity index (χ0) is 15.4. The Labute approximate surface area is 129 Å². The molecule has 1 aromatic heterocycles. The molecule has 0 spiro atoms. The van der Waals surface area contributed by atoms with Crippen LogP contribution in [0.5, 0.6) is 5.75 Å². The molecule has 3 rings (SSSR count). The van der Waals surface area contributed by atoms with Gasteiger partial charge in [0.25, 0.3) is 5.91 Å². The van der Waals surface area contributed by atoms with Crippen molar-refractivity contribution in [3.05, 3.63) is 54.1 Å². The van der Waals surface area contributed by atoms with Gasteiger partial charge in [-0.25, -0.2) is 0 Å². The van der Waals surface area contributed by atoms with E-state index in [9.17, 15) is 4.79 Å². The number of nitrogens with one attached hydrogen (secondary N) is 1. The number of aromatic nitrogens is 2. The van der Waals surface area contributed by atoms with E-state index in [-0.39, 0.29) is 11.9 Å². The molecule has 2 heterocycles. The lowest BCUT2D eigenvalue weighted by Crippen LogP contribution is -2.44. The van der Waals surface area contributed by atoms with Gasteiger partial charge in [-0.2, -0.15) is 0 Å². The van der Waals surface area contributed by atoms with Gasteiger partial charge in [0.15, 0.2) is 6.10 Å². The first-order chi connectivity index (χ1) is 10.7. The number of hydrogen-bond acceptors (Lipinski definition) is 4. The van der Waals surface area contributed by atoms with Crippen molar-refractivity contribution in [3.63, 3.8) is 0 Å². The molecule has 0 bridgehead atoms. The second kappa shape index (κ2) is 6.56. The number of ether oxygens (including phenoxy) is 1. The molecule has 22 heavy (non-hydrogen) atoms. The molecule has 2 aromatic rings. The third-order valence-corrected chi connectivity index (χ3v) is 3.73. The summed E-state index contributed by atoms with van der Waals surface area (Å²) in [5, 5.41) is 3.00. The van der Waals surface area contributed by atoms with Gasteiger partial charge >= 0.3 is 0 Å². The zero-order valence-corrected chi connectivity index (χ0v) is 12.5. The van der Waals surface area contributed by atoms with Crippen LogP contribution in [0.4, 0.5) is 0 Å². The lowest BCUT2D eigenvalue weighted by Gasteiger charge is -2.26. The highest BCUT2D eigenvalue weighted by atomic mass is 16.5. The summed E-state index contributed by atoms with van der Waals surface area (Å²) in [7, 11) is 0. The van der Waals surface area contributed by atoms with Crippen molar-refractivity contribution < 1.29 is 9.53 Å². The molecule has 0 saturated heterocycles. The molecule has 0 radical (unpaired) electrons. The number of benzene rings is 1. The molecule has 114 valence electrons. The first-order valence-electron chi connectivity index (χ1n) is 7.52. The van der Waals surface area contributed by atoms with Crippen molar-refractivity contribution in [2.45, 2.75) is 38.3 Å². The maximum absolute atomic E-state index is 12.3. The Morgan fingerprint density at radius 1 is 1.41 bits per heavy atom. The average Bonchev–Trinajstić information content (AvgIpc) is 2.55. The van der Waals surface area contributed by atoms with Gasteiger partial charge in [0.2, 0.25) is 0 Å². The molecule has 0 fully saturated rings. The minimum Gasteiger partial charge on any atom is -0.480 e. The van der Waals surface area contributed by atoms with E-state index in [2.05, 4.69) is 15.3 Å². The van der Waals surface area contributed by atoms with Crippen LogP contribution >= 0.6 is 0 Å². The predicted octanol–water partition coefficient (Wildman–Crippen LogP) is 1.92. The van der Waals surface area contributed by atoms with Crippen LogP contribution in [-0.2, 0) is 17.6 Å². The van der Waals surface area contributed by atoms with E-state index in [1.54, 1.807) is 18.6 Å². The van der Waals surface area contributed by atoms with Gasteiger partial charge in [0, 0.05) is 31.1 Å². The van der Waals surface area contributed by atoms with Gasteiger partial charge < -0.3 is 10.1 Å². The molecule has 1 aliphatic rings. The van der Waals surface area contributed by atoms with Gasteiger partial charge in [-0.05, 0) is 31.4 Å². The number of nitrogens with zero attached hydrogens (tertiary/aromatic N) is 2. The summed E-state index contributed by atoms with van der Waals surface area (Å²) in [5.41, 5.74) is 2.03. The zero-order valence-electron chi connectivity index (χ0n) is 12.5. The van der Waals surface area contributed by atoms with Crippen LogP contribution in [0, 0.1) is 0 Å². The molecule has 1 aromatic carbocycles. The number of carbonyl (C=O) groups excluding carboxylic acids is 1. The normalized spacial score (nSPS) is 18.0. The van der Waals surface area contributed by atoms with E-state index < -0.39 is 6.10 Å². The number of fused-ring (bicyclic) bond motifs is 1. The Hall–Kier alpha value is -2.43. The maximum atomic E-state index is 12.3. The summed E-state index contributed by atoms with van der Waals surface area (Å²) in [6.45, 7) is 1.96. The first-order valence-corrected chi connectivity index (χ1v) is 7.52. The topological polar surface area (TPSA) is 64.1 Å². The number of carbonyl (C=O) groups is 1. The van der Waals surface area contributed by atoms with Crippen molar-refractivity contribution in [2.24, 2.45) is 0 Å². The van der Waals surface area contributed by atoms with Crippen molar-refractivity contribution in [2.75, 3.05) is 0 Å². The maximum Gasteiger partial charge on any atom is 0.261 e. The third kappa shape index (κ3) is 3.42. The fourth-order valence-corrected chi connectivity index (χ4v) is 2.64. The van der Waals surface area contributed by atoms with E-state index in [0.717, 1.165) is 17.9 Å². The molecular formula is C17H19N3O2. The number of amides is 1. The molecule has 5 heteroatoms. The predicted molar refractivity (Wildman–Crippen MR) is 82.5 cm³/mol. The van der Waals surface area contributed by atoms with E-state index >= 15 is 0 Å². The van der Waals surface area contributed by atoms with Crippen LogP contribution in [0.3, 0.4) is 0 Å². The van der Waals surface area contributed by atoms with E-state index in [1.165, 1.54) is 5.56 Å². The van der Waals surface area contributed by atoms with Crippen LogP contribution in [0.25, 0.3) is 0 Å². The number of rotatable bonds is 4. The first kappa shape index (κ1) is 14.5. The van der Waals surface area contributed by atoms with E-state index in [0.29, 0.717) is 12.8 Å². The van der Waals surface area contributed by atoms with Gasteiger partial charge in [-0.15, -0.1) is 0 Å². The Morgan fingerprint density at radius 3 is 3.09 bits per heavy atom. The standard InChI is InChI=1S/C17H19N3O2/c1-12(10-14-11-18-8-9-19-14)20-17(21)16-7-6-13-4-2-3-5-15(13)22-16/h2-5,8-9,11-12,16H,6-7,10H2,1H3,(H,20,21). The summed E-state index contributed by atoms with van der Waals surface area (Å²) in [6, 6.07) is 7.87. The summed E-state index contributed by atoms with van der Waals surface area (Å²) in [6.07, 6.45) is 6.83. The quantitative estimate of drug-likeness (QED) is 0.936. The molecule has 1 amide bonds. The lowest BCUT2D eigenvalue weighted by molar-refractivity contribution is -0.129. The minimum absolute atomic E-state index is 0.00929. The highest BCUT2D eigenvalue weighted by Crippen LogP contribution is 2.27. The van der Waals surface area contributed by atoms with Crippen LogP contribution in [0.2, 0.25) is 0 Å². The van der Waals surface area contributed by atoms with Gasteiger partial charge in [-0.1, -0.05) is 18.2 Å². The van der Waals surface area contributed by atoms with E-state index in [4.69, 9.17) is 4.74 Å². The highest BCUT2D eigenvalue weighted by Gasteiger charge is 2.26. The minimum atomic E-state index is -0.417. The monoisotopic (exact) mass is 297 g/mol. The van der Waals surface area contributed by atoms with Crippen molar-refractivity contribution in [1.29, 1.82) is 0 Å². The molecule has 2 unspecified atom stereocenters. The van der Waals surface area contributed by atoms with Crippen molar-refractivity contribution in [3.8, 4) is 5.75 Å². The van der Waals surface area contributed by atoms with E-state index in [1.807, 2.05) is 31.2 Å². The molecular weight excluding hydrogens is 278 g/mol. The molecule has 0 aliphatic carbocycles. The molecule has 5 nitrogen and oxygen atoms in total. The van der Waals surface area contributed by atoms with Gasteiger partial charge in [0.05, 0.1) is 5.69 Å². The third-order valence-electron chi connectivity index (χ3n) is 3.73. The molecule has 0 saturated carbocycles. The number of hydrogen-bond donors (Lipinski definition) is 1. The number of aryl methyl sites for hydroxylation is 1. The van der Waals surface area contributed by atoms with Crippen LogP contribution in [0.15, 0.2) is 42.9 Å². The number of para-hydroxylation sites is 1. The largest absolute Gasteiger partial charge is 0.480 e. The average molecular weight is 297 g/mol. The lowest BCUT2D eigenvalue weighted by atomic mass is 10.0. The molecule has 1 aliphatic heterocycles.